The highest BCUT2D eigenvalue weighted by molar-refractivity contribution is 6.01. The van der Waals surface area contributed by atoms with Gasteiger partial charge < -0.3 is 14.2 Å². The fourth-order valence-electron chi connectivity index (χ4n) is 4.33. The fraction of sp³-hybridized carbons (Fsp3) is 0.435. The van der Waals surface area contributed by atoms with Gasteiger partial charge in [0, 0.05) is 25.7 Å². The van der Waals surface area contributed by atoms with E-state index in [-0.39, 0.29) is 5.65 Å². The average molecular weight is 458 g/mol. The molecule has 0 radical (unpaired) electrons. The molecule has 10 heteroatoms. The lowest BCUT2D eigenvalue weighted by molar-refractivity contribution is -0.140. The fourth-order valence-corrected chi connectivity index (χ4v) is 4.33. The van der Waals surface area contributed by atoms with Crippen molar-refractivity contribution < 1.29 is 17.9 Å². The molecule has 4 heterocycles. The van der Waals surface area contributed by atoms with Crippen LogP contribution in [-0.2, 0) is 11.3 Å². The van der Waals surface area contributed by atoms with E-state index in [1.807, 2.05) is 31.2 Å². The van der Waals surface area contributed by atoms with Gasteiger partial charge >= 0.3 is 6.18 Å². The second-order valence-electron chi connectivity index (χ2n) is 8.40. The van der Waals surface area contributed by atoms with E-state index in [4.69, 9.17) is 9.84 Å². The highest BCUT2D eigenvalue weighted by Gasteiger charge is 2.30. The van der Waals surface area contributed by atoms with Gasteiger partial charge in [0.15, 0.2) is 11.5 Å². The van der Waals surface area contributed by atoms with Crippen molar-refractivity contribution in [1.29, 1.82) is 0 Å². The van der Waals surface area contributed by atoms with Crippen LogP contribution in [0.3, 0.4) is 0 Å². The van der Waals surface area contributed by atoms with Crippen LogP contribution in [0.15, 0.2) is 41.8 Å². The molecule has 0 spiro atoms. The number of morpholine rings is 1. The zero-order chi connectivity index (χ0) is 23.0. The van der Waals surface area contributed by atoms with Crippen LogP contribution in [0.1, 0.15) is 24.0 Å². The quantitative estimate of drug-likeness (QED) is 0.588. The first kappa shape index (κ1) is 21.7. The summed E-state index contributed by atoms with van der Waals surface area (Å²) in [6.07, 6.45) is -1.44. The number of hydrogen-bond acceptors (Lipinski definition) is 6. The molecule has 3 aromatic rings. The smallest absolute Gasteiger partial charge is 0.378 e. The summed E-state index contributed by atoms with van der Waals surface area (Å²) in [5, 5.41) is 6.64. The molecular weight excluding hydrogens is 433 g/mol. The Morgan fingerprint density at radius 1 is 1.09 bits per heavy atom. The molecule has 1 saturated heterocycles. The van der Waals surface area contributed by atoms with Gasteiger partial charge in [-0.1, -0.05) is 29.8 Å². The predicted octanol–water partition coefficient (Wildman–Crippen LogP) is 4.14. The Labute approximate surface area is 189 Å². The van der Waals surface area contributed by atoms with Crippen LogP contribution >= 0.6 is 0 Å². The normalized spacial score (nSPS) is 17.5. The third-order valence-electron chi connectivity index (χ3n) is 5.88. The molecule has 0 unspecified atom stereocenters. The second-order valence-corrected chi connectivity index (χ2v) is 8.40. The van der Waals surface area contributed by atoms with Crippen LogP contribution in [0.25, 0.3) is 11.2 Å². The Kier molecular flexibility index (Phi) is 5.69. The van der Waals surface area contributed by atoms with Crippen LogP contribution in [0.5, 0.6) is 0 Å². The maximum Gasteiger partial charge on any atom is 0.406 e. The highest BCUT2D eigenvalue weighted by atomic mass is 19.4. The zero-order valence-corrected chi connectivity index (χ0v) is 18.3. The van der Waals surface area contributed by atoms with Crippen LogP contribution in [0.2, 0.25) is 0 Å². The standard InChI is InChI=1S/C23H25F3N6O/c1-16-4-2-5-17(12-16)18-6-3-7-32(29-18)20-13-19(30-8-10-33-11-9-30)21-22(28-20)31(15-27-21)14-23(24,25)26/h2,4-5,12-13,15H,3,6-11,14H2,1H3. The van der Waals surface area contributed by atoms with Crippen molar-refractivity contribution in [3.63, 3.8) is 0 Å². The van der Waals surface area contributed by atoms with E-state index >= 15 is 0 Å². The monoisotopic (exact) mass is 458 g/mol. The van der Waals surface area contributed by atoms with Gasteiger partial charge in [-0.3, -0.25) is 0 Å². The average Bonchev–Trinajstić information content (AvgIpc) is 3.20. The molecule has 0 bridgehead atoms. The van der Waals surface area contributed by atoms with Crippen molar-refractivity contribution in [3.8, 4) is 0 Å². The van der Waals surface area contributed by atoms with Crippen LogP contribution in [0, 0.1) is 6.92 Å². The van der Waals surface area contributed by atoms with E-state index in [9.17, 15) is 13.2 Å². The zero-order valence-electron chi connectivity index (χ0n) is 18.3. The first-order chi connectivity index (χ1) is 15.9. The number of imidazole rings is 1. The van der Waals surface area contributed by atoms with Gasteiger partial charge in [-0.25, -0.2) is 15.0 Å². The number of benzene rings is 1. The van der Waals surface area contributed by atoms with Crippen molar-refractivity contribution in [1.82, 2.24) is 14.5 Å². The predicted molar refractivity (Wildman–Crippen MR) is 121 cm³/mol. The van der Waals surface area contributed by atoms with Crippen LogP contribution in [0.4, 0.5) is 24.7 Å². The lowest BCUT2D eigenvalue weighted by Gasteiger charge is -2.30. The third-order valence-corrected chi connectivity index (χ3v) is 5.88. The molecule has 1 aromatic carbocycles. The van der Waals surface area contributed by atoms with E-state index in [0.29, 0.717) is 44.2 Å². The largest absolute Gasteiger partial charge is 0.406 e. The maximum absolute atomic E-state index is 13.2. The third kappa shape index (κ3) is 4.66. The van der Waals surface area contributed by atoms with Crippen molar-refractivity contribution in [2.45, 2.75) is 32.5 Å². The summed E-state index contributed by atoms with van der Waals surface area (Å²) < 4.78 is 46.1. The Morgan fingerprint density at radius 2 is 1.91 bits per heavy atom. The van der Waals surface area contributed by atoms with Gasteiger partial charge in [0.2, 0.25) is 0 Å². The molecule has 2 aromatic heterocycles. The van der Waals surface area contributed by atoms with Gasteiger partial charge in [0.1, 0.15) is 12.1 Å². The number of halogens is 3. The van der Waals surface area contributed by atoms with Gasteiger partial charge in [0.25, 0.3) is 0 Å². The molecule has 174 valence electrons. The van der Waals surface area contributed by atoms with Crippen molar-refractivity contribution in [2.24, 2.45) is 5.10 Å². The first-order valence-electron chi connectivity index (χ1n) is 11.0. The number of rotatable bonds is 4. The van der Waals surface area contributed by atoms with Crippen molar-refractivity contribution in [2.75, 3.05) is 42.8 Å². The minimum atomic E-state index is -4.37. The molecule has 2 aliphatic rings. The lowest BCUT2D eigenvalue weighted by Crippen LogP contribution is -2.36. The Hall–Kier alpha value is -3.14. The number of aryl methyl sites for hydroxylation is 1. The molecule has 0 atom stereocenters. The summed E-state index contributed by atoms with van der Waals surface area (Å²) >= 11 is 0. The van der Waals surface area contributed by atoms with Crippen LogP contribution < -0.4 is 9.91 Å². The number of alkyl halides is 3. The minimum absolute atomic E-state index is 0.212. The van der Waals surface area contributed by atoms with Gasteiger partial charge in [0.05, 0.1) is 30.9 Å². The molecule has 0 amide bonds. The van der Waals surface area contributed by atoms with Gasteiger partial charge in [-0.05, 0) is 25.3 Å². The molecule has 2 aliphatic heterocycles. The second kappa shape index (κ2) is 8.66. The summed E-state index contributed by atoms with van der Waals surface area (Å²) in [6.45, 7) is 3.94. The molecule has 33 heavy (non-hydrogen) atoms. The molecule has 0 N–H and O–H groups in total. The summed E-state index contributed by atoms with van der Waals surface area (Å²) in [7, 11) is 0. The maximum atomic E-state index is 13.2. The number of pyridine rings is 1. The number of anilines is 2. The molecular formula is C23H25F3N6O. The van der Waals surface area contributed by atoms with Crippen molar-refractivity contribution >= 4 is 28.4 Å². The summed E-state index contributed by atoms with van der Waals surface area (Å²) in [6, 6.07) is 10.1. The number of hydrazone groups is 1. The minimum Gasteiger partial charge on any atom is -0.378 e. The number of aromatic nitrogens is 3. The Balaban J connectivity index is 1.59. The van der Waals surface area contributed by atoms with E-state index in [1.165, 1.54) is 6.33 Å². The summed E-state index contributed by atoms with van der Waals surface area (Å²) in [4.78, 5) is 11.0. The van der Waals surface area contributed by atoms with E-state index in [1.54, 1.807) is 5.01 Å². The first-order valence-corrected chi connectivity index (χ1v) is 11.0. The Bertz CT molecular complexity index is 1180. The van der Waals surface area contributed by atoms with Crippen molar-refractivity contribution in [3.05, 3.63) is 47.8 Å². The van der Waals surface area contributed by atoms with E-state index < -0.39 is 12.7 Å². The number of hydrogen-bond donors (Lipinski definition) is 0. The summed E-state index contributed by atoms with van der Waals surface area (Å²) in [5.41, 5.74) is 4.59. The lowest BCUT2D eigenvalue weighted by atomic mass is 10.0. The van der Waals surface area contributed by atoms with E-state index in [0.717, 1.165) is 39.9 Å². The van der Waals surface area contributed by atoms with Gasteiger partial charge in [-0.15, -0.1) is 0 Å². The van der Waals surface area contributed by atoms with Gasteiger partial charge in [-0.2, -0.15) is 18.3 Å². The molecule has 5 rings (SSSR count). The number of fused-ring (bicyclic) bond motifs is 1. The Morgan fingerprint density at radius 3 is 2.67 bits per heavy atom. The SMILES string of the molecule is Cc1cccc(C2=NN(c3cc(N4CCOCC4)c4ncn(CC(F)(F)F)c4n3)CCC2)c1. The number of nitrogens with zero attached hydrogens (tertiary/aromatic N) is 6. The molecule has 1 fully saturated rings. The highest BCUT2D eigenvalue weighted by Crippen LogP contribution is 2.32. The number of ether oxygens (including phenoxy) is 1. The molecule has 0 saturated carbocycles. The van der Waals surface area contributed by atoms with Crippen LogP contribution in [-0.4, -0.2) is 59.3 Å². The molecule has 7 nitrogen and oxygen atoms in total. The topological polar surface area (TPSA) is 58.8 Å². The van der Waals surface area contributed by atoms with E-state index in [2.05, 4.69) is 20.9 Å². The molecule has 0 aliphatic carbocycles. The summed E-state index contributed by atoms with van der Waals surface area (Å²) in [5.74, 6) is 0.526.